The highest BCUT2D eigenvalue weighted by atomic mass is 19.1. The SMILES string of the molecule is Fc1ccc2c(c1)CC[CH]O2. The summed E-state index contributed by atoms with van der Waals surface area (Å²) in [6, 6.07) is 4.61. The van der Waals surface area contributed by atoms with Gasteiger partial charge in [-0.15, -0.1) is 0 Å². The topological polar surface area (TPSA) is 9.23 Å². The van der Waals surface area contributed by atoms with Crippen molar-refractivity contribution in [1.29, 1.82) is 0 Å². The lowest BCUT2D eigenvalue weighted by Crippen LogP contribution is -2.03. The molecule has 1 heterocycles. The lowest BCUT2D eigenvalue weighted by atomic mass is 10.1. The number of fused-ring (bicyclic) bond motifs is 1. The number of ether oxygens (including phenoxy) is 1. The Morgan fingerprint density at radius 1 is 1.36 bits per heavy atom. The molecule has 57 valence electrons. The maximum atomic E-state index is 12.6. The predicted molar refractivity (Wildman–Crippen MR) is 39.6 cm³/mol. The average Bonchev–Trinajstić information content (AvgIpc) is 2.04. The molecule has 0 saturated carbocycles. The van der Waals surface area contributed by atoms with E-state index in [0.717, 1.165) is 24.2 Å². The van der Waals surface area contributed by atoms with Gasteiger partial charge < -0.3 is 4.74 Å². The molecule has 11 heavy (non-hydrogen) atoms. The van der Waals surface area contributed by atoms with Gasteiger partial charge >= 0.3 is 0 Å². The van der Waals surface area contributed by atoms with Gasteiger partial charge in [0.15, 0.2) is 0 Å². The number of hydrogen-bond acceptors (Lipinski definition) is 1. The zero-order chi connectivity index (χ0) is 7.68. The minimum Gasteiger partial charge on any atom is -0.486 e. The highest BCUT2D eigenvalue weighted by Crippen LogP contribution is 2.26. The Morgan fingerprint density at radius 2 is 2.27 bits per heavy atom. The van der Waals surface area contributed by atoms with Gasteiger partial charge in [-0.25, -0.2) is 4.39 Å². The van der Waals surface area contributed by atoms with Crippen LogP contribution >= 0.6 is 0 Å². The summed E-state index contributed by atoms with van der Waals surface area (Å²) in [6.07, 6.45) is 1.75. The van der Waals surface area contributed by atoms with Crippen LogP contribution in [0.2, 0.25) is 0 Å². The summed E-state index contributed by atoms with van der Waals surface area (Å²) in [5.41, 5.74) is 0.965. The van der Waals surface area contributed by atoms with Crippen LogP contribution in [0.3, 0.4) is 0 Å². The zero-order valence-electron chi connectivity index (χ0n) is 6.01. The molecule has 1 aliphatic rings. The summed E-state index contributed by atoms with van der Waals surface area (Å²) >= 11 is 0. The van der Waals surface area contributed by atoms with Crippen molar-refractivity contribution in [3.05, 3.63) is 36.2 Å². The smallest absolute Gasteiger partial charge is 0.136 e. The minimum atomic E-state index is -0.186. The van der Waals surface area contributed by atoms with E-state index in [-0.39, 0.29) is 5.82 Å². The summed E-state index contributed by atoms with van der Waals surface area (Å²) < 4.78 is 17.8. The van der Waals surface area contributed by atoms with E-state index in [4.69, 9.17) is 4.74 Å². The molecule has 0 N–H and O–H groups in total. The number of aryl methyl sites for hydroxylation is 1. The molecule has 0 bridgehead atoms. The van der Waals surface area contributed by atoms with E-state index < -0.39 is 0 Å². The molecule has 0 unspecified atom stereocenters. The lowest BCUT2D eigenvalue weighted by molar-refractivity contribution is 0.365. The van der Waals surface area contributed by atoms with Gasteiger partial charge in [0, 0.05) is 0 Å². The molecular weight excluding hydrogens is 143 g/mol. The molecule has 2 rings (SSSR count). The Hall–Kier alpha value is -1.05. The molecule has 0 atom stereocenters. The van der Waals surface area contributed by atoms with Gasteiger partial charge in [0.2, 0.25) is 0 Å². The summed E-state index contributed by atoms with van der Waals surface area (Å²) in [5, 5.41) is 0. The van der Waals surface area contributed by atoms with E-state index in [1.165, 1.54) is 12.1 Å². The van der Waals surface area contributed by atoms with Crippen LogP contribution in [0.25, 0.3) is 0 Å². The normalized spacial score (nSPS) is 15.4. The molecule has 1 aromatic carbocycles. The zero-order valence-corrected chi connectivity index (χ0v) is 6.01. The first kappa shape index (κ1) is 6.65. The van der Waals surface area contributed by atoms with E-state index in [1.807, 2.05) is 0 Å². The summed E-state index contributed by atoms with van der Waals surface area (Å²) in [7, 11) is 0. The molecule has 2 heteroatoms. The first-order chi connectivity index (χ1) is 5.36. The Bertz CT molecular complexity index is 270. The molecule has 1 radical (unpaired) electrons. The van der Waals surface area contributed by atoms with Crippen molar-refractivity contribution in [3.8, 4) is 5.75 Å². The third kappa shape index (κ3) is 1.20. The molecule has 1 nitrogen and oxygen atoms in total. The van der Waals surface area contributed by atoms with Crippen molar-refractivity contribution in [2.75, 3.05) is 0 Å². The molecule has 1 aliphatic heterocycles. The Kier molecular flexibility index (Phi) is 1.53. The quantitative estimate of drug-likeness (QED) is 0.552. The van der Waals surface area contributed by atoms with Crippen LogP contribution in [-0.2, 0) is 6.42 Å². The van der Waals surface area contributed by atoms with Gasteiger partial charge in [0.05, 0.1) is 0 Å². The third-order valence-electron chi connectivity index (χ3n) is 1.76. The van der Waals surface area contributed by atoms with E-state index >= 15 is 0 Å². The van der Waals surface area contributed by atoms with Crippen LogP contribution in [-0.4, -0.2) is 0 Å². The largest absolute Gasteiger partial charge is 0.486 e. The average molecular weight is 151 g/mol. The fraction of sp³-hybridized carbons (Fsp3) is 0.222. The number of rotatable bonds is 0. The Morgan fingerprint density at radius 3 is 3.18 bits per heavy atom. The van der Waals surface area contributed by atoms with Crippen molar-refractivity contribution >= 4 is 0 Å². The van der Waals surface area contributed by atoms with Gasteiger partial charge in [-0.05, 0) is 36.6 Å². The van der Waals surface area contributed by atoms with Crippen LogP contribution in [0, 0.1) is 12.4 Å². The van der Waals surface area contributed by atoms with Crippen molar-refractivity contribution in [3.63, 3.8) is 0 Å². The van der Waals surface area contributed by atoms with Crippen LogP contribution in [0.15, 0.2) is 18.2 Å². The lowest BCUT2D eigenvalue weighted by Gasteiger charge is -2.15. The van der Waals surface area contributed by atoms with Crippen molar-refractivity contribution in [1.82, 2.24) is 0 Å². The van der Waals surface area contributed by atoms with Crippen LogP contribution in [0.5, 0.6) is 5.75 Å². The van der Waals surface area contributed by atoms with Gasteiger partial charge in [-0.2, -0.15) is 0 Å². The number of hydrogen-bond donors (Lipinski definition) is 0. The highest BCUT2D eigenvalue weighted by Gasteiger charge is 2.10. The maximum Gasteiger partial charge on any atom is 0.136 e. The van der Waals surface area contributed by atoms with E-state index in [2.05, 4.69) is 0 Å². The summed E-state index contributed by atoms with van der Waals surface area (Å²) in [6.45, 7) is 1.75. The van der Waals surface area contributed by atoms with Crippen LogP contribution < -0.4 is 4.74 Å². The van der Waals surface area contributed by atoms with Gasteiger partial charge in [0.1, 0.15) is 18.2 Å². The fourth-order valence-electron chi connectivity index (χ4n) is 1.22. The number of benzene rings is 1. The van der Waals surface area contributed by atoms with Gasteiger partial charge in [-0.1, -0.05) is 0 Å². The van der Waals surface area contributed by atoms with E-state index in [0.29, 0.717) is 0 Å². The number of halogens is 1. The second kappa shape index (κ2) is 2.53. The second-order valence-corrected chi connectivity index (χ2v) is 2.58. The third-order valence-corrected chi connectivity index (χ3v) is 1.76. The molecular formula is C9H8FO. The van der Waals surface area contributed by atoms with Crippen molar-refractivity contribution < 1.29 is 9.13 Å². The summed E-state index contributed by atoms with van der Waals surface area (Å²) in [4.78, 5) is 0. The molecule has 0 amide bonds. The van der Waals surface area contributed by atoms with Gasteiger partial charge in [0.25, 0.3) is 0 Å². The van der Waals surface area contributed by atoms with E-state index in [9.17, 15) is 4.39 Å². The Balaban J connectivity index is 2.43. The summed E-state index contributed by atoms with van der Waals surface area (Å²) in [5.74, 6) is 0.604. The van der Waals surface area contributed by atoms with Crippen LogP contribution in [0.1, 0.15) is 12.0 Å². The maximum absolute atomic E-state index is 12.6. The van der Waals surface area contributed by atoms with Crippen LogP contribution in [0.4, 0.5) is 4.39 Å². The molecule has 0 aliphatic carbocycles. The molecule has 0 fully saturated rings. The second-order valence-electron chi connectivity index (χ2n) is 2.58. The van der Waals surface area contributed by atoms with Gasteiger partial charge in [-0.3, -0.25) is 0 Å². The molecule has 1 aromatic rings. The van der Waals surface area contributed by atoms with Crippen molar-refractivity contribution in [2.24, 2.45) is 0 Å². The monoisotopic (exact) mass is 151 g/mol. The van der Waals surface area contributed by atoms with E-state index in [1.54, 1.807) is 12.7 Å². The first-order valence-electron chi connectivity index (χ1n) is 3.63. The Labute approximate surface area is 64.8 Å². The minimum absolute atomic E-state index is 0.186. The highest BCUT2D eigenvalue weighted by molar-refractivity contribution is 5.35. The molecule has 0 aromatic heterocycles. The standard InChI is InChI=1S/C9H8FO/c10-8-3-4-9-7(6-8)2-1-5-11-9/h3-6H,1-2H2. The molecule has 0 spiro atoms. The van der Waals surface area contributed by atoms with Crippen molar-refractivity contribution in [2.45, 2.75) is 12.8 Å². The molecule has 0 saturated heterocycles. The fourth-order valence-corrected chi connectivity index (χ4v) is 1.22. The first-order valence-corrected chi connectivity index (χ1v) is 3.63. The predicted octanol–water partition coefficient (Wildman–Crippen LogP) is 2.31.